The van der Waals surface area contributed by atoms with Crippen LogP contribution in [-0.2, 0) is 0 Å². The highest BCUT2D eigenvalue weighted by molar-refractivity contribution is 6.43. The second kappa shape index (κ2) is 4.04. The zero-order chi connectivity index (χ0) is 10.8. The average Bonchev–Trinajstić information content (AvgIpc) is 2.70. The molecule has 3 nitrogen and oxygen atoms in total. The van der Waals surface area contributed by atoms with E-state index in [-0.39, 0.29) is 5.82 Å². The van der Waals surface area contributed by atoms with Gasteiger partial charge in [0.25, 0.3) is 0 Å². The molecule has 0 saturated heterocycles. The fourth-order valence-electron chi connectivity index (χ4n) is 1.25. The van der Waals surface area contributed by atoms with Crippen molar-refractivity contribution in [2.75, 3.05) is 0 Å². The van der Waals surface area contributed by atoms with E-state index < -0.39 is 0 Å². The van der Waals surface area contributed by atoms with Gasteiger partial charge in [0.05, 0.1) is 21.9 Å². The monoisotopic (exact) mass is 240 g/mol. The molecule has 0 aliphatic carbocycles. The van der Waals surface area contributed by atoms with Crippen molar-refractivity contribution in [3.8, 4) is 11.3 Å². The number of H-pyrrole nitrogens is 1. The van der Waals surface area contributed by atoms with Crippen LogP contribution in [0.1, 0.15) is 10.6 Å². The van der Waals surface area contributed by atoms with Crippen LogP contribution < -0.4 is 0 Å². The third-order valence-corrected chi connectivity index (χ3v) is 2.77. The van der Waals surface area contributed by atoms with Crippen molar-refractivity contribution >= 4 is 29.5 Å². The number of hydrogen-bond donors (Lipinski definition) is 1. The van der Waals surface area contributed by atoms with Gasteiger partial charge in [-0.3, -0.25) is 4.79 Å². The molecular weight excluding hydrogens is 235 g/mol. The topological polar surface area (TPSA) is 45.8 Å². The van der Waals surface area contributed by atoms with Crippen LogP contribution in [0.15, 0.2) is 24.4 Å². The molecule has 2 aromatic rings. The summed E-state index contributed by atoms with van der Waals surface area (Å²) < 4.78 is 0. The minimum absolute atomic E-state index is 0.265. The van der Waals surface area contributed by atoms with Crippen LogP contribution in [0.5, 0.6) is 0 Å². The first kappa shape index (κ1) is 10.2. The number of rotatable bonds is 2. The SMILES string of the molecule is O=Cc1ncc(-c2cccc(Cl)c2Cl)[nH]1. The molecule has 2 rings (SSSR count). The molecule has 0 bridgehead atoms. The van der Waals surface area contributed by atoms with Crippen LogP contribution in [0.2, 0.25) is 10.0 Å². The summed E-state index contributed by atoms with van der Waals surface area (Å²) in [5.41, 5.74) is 1.40. The lowest BCUT2D eigenvalue weighted by atomic mass is 10.2. The predicted octanol–water partition coefficient (Wildman–Crippen LogP) is 3.20. The van der Waals surface area contributed by atoms with Crippen molar-refractivity contribution in [2.24, 2.45) is 0 Å². The molecule has 0 fully saturated rings. The molecule has 1 aromatic heterocycles. The van der Waals surface area contributed by atoms with Gasteiger partial charge in [-0.25, -0.2) is 4.98 Å². The normalized spacial score (nSPS) is 10.3. The molecule has 0 aliphatic rings. The van der Waals surface area contributed by atoms with Gasteiger partial charge >= 0.3 is 0 Å². The molecular formula is C10H6Cl2N2O. The Bertz CT molecular complexity index is 508. The molecule has 0 unspecified atom stereocenters. The number of carbonyl (C=O) groups is 1. The van der Waals surface area contributed by atoms with Crippen molar-refractivity contribution in [3.05, 3.63) is 40.3 Å². The largest absolute Gasteiger partial charge is 0.336 e. The zero-order valence-electron chi connectivity index (χ0n) is 7.50. The van der Waals surface area contributed by atoms with Crippen LogP contribution in [0, 0.1) is 0 Å². The molecule has 0 saturated carbocycles. The molecule has 0 spiro atoms. The Morgan fingerprint density at radius 1 is 1.33 bits per heavy atom. The van der Waals surface area contributed by atoms with Crippen LogP contribution in [0.4, 0.5) is 0 Å². The lowest BCUT2D eigenvalue weighted by molar-refractivity contribution is 0.111. The van der Waals surface area contributed by atoms with Crippen LogP contribution in [-0.4, -0.2) is 16.3 Å². The van der Waals surface area contributed by atoms with Gasteiger partial charge in [0.1, 0.15) is 0 Å². The maximum atomic E-state index is 10.5. The number of halogens is 2. The number of aromatic amines is 1. The summed E-state index contributed by atoms with van der Waals surface area (Å²) in [5, 5.41) is 0.914. The maximum Gasteiger partial charge on any atom is 0.185 e. The fraction of sp³-hybridized carbons (Fsp3) is 0. The van der Waals surface area contributed by atoms with Gasteiger partial charge < -0.3 is 4.98 Å². The number of aromatic nitrogens is 2. The Morgan fingerprint density at radius 2 is 2.13 bits per heavy atom. The van der Waals surface area contributed by atoms with Gasteiger partial charge in [0, 0.05) is 5.56 Å². The molecule has 1 heterocycles. The van der Waals surface area contributed by atoms with E-state index in [0.29, 0.717) is 22.0 Å². The van der Waals surface area contributed by atoms with E-state index in [4.69, 9.17) is 23.2 Å². The van der Waals surface area contributed by atoms with Gasteiger partial charge in [-0.05, 0) is 6.07 Å². The molecule has 0 radical (unpaired) electrons. The van der Waals surface area contributed by atoms with E-state index in [1.54, 1.807) is 24.4 Å². The van der Waals surface area contributed by atoms with Crippen LogP contribution in [0.3, 0.4) is 0 Å². The van der Waals surface area contributed by atoms with Crippen molar-refractivity contribution in [1.82, 2.24) is 9.97 Å². The van der Waals surface area contributed by atoms with E-state index >= 15 is 0 Å². The number of aldehydes is 1. The summed E-state index contributed by atoms with van der Waals surface area (Å²) in [4.78, 5) is 17.1. The number of carbonyl (C=O) groups excluding carboxylic acids is 1. The van der Waals surface area contributed by atoms with Gasteiger partial charge in [-0.1, -0.05) is 35.3 Å². The number of imidazole rings is 1. The van der Waals surface area contributed by atoms with E-state index in [2.05, 4.69) is 9.97 Å². The van der Waals surface area contributed by atoms with Gasteiger partial charge in [-0.15, -0.1) is 0 Å². The maximum absolute atomic E-state index is 10.5. The van der Waals surface area contributed by atoms with Crippen molar-refractivity contribution in [2.45, 2.75) is 0 Å². The highest BCUT2D eigenvalue weighted by atomic mass is 35.5. The van der Waals surface area contributed by atoms with Crippen LogP contribution >= 0.6 is 23.2 Å². The molecule has 1 N–H and O–H groups in total. The molecule has 76 valence electrons. The summed E-state index contributed by atoms with van der Waals surface area (Å²) in [6.45, 7) is 0. The van der Waals surface area contributed by atoms with Crippen LogP contribution in [0.25, 0.3) is 11.3 Å². The van der Waals surface area contributed by atoms with E-state index in [9.17, 15) is 4.79 Å². The van der Waals surface area contributed by atoms with E-state index in [0.717, 1.165) is 5.56 Å². The smallest absolute Gasteiger partial charge is 0.185 e. The Labute approximate surface area is 96.1 Å². The Morgan fingerprint density at radius 3 is 2.80 bits per heavy atom. The lowest BCUT2D eigenvalue weighted by Crippen LogP contribution is -1.83. The first-order valence-corrected chi connectivity index (χ1v) is 4.92. The number of nitrogens with zero attached hydrogens (tertiary/aromatic N) is 1. The number of benzene rings is 1. The summed E-state index contributed by atoms with van der Waals surface area (Å²) in [7, 11) is 0. The second-order valence-electron chi connectivity index (χ2n) is 2.90. The van der Waals surface area contributed by atoms with Crippen molar-refractivity contribution < 1.29 is 4.79 Å². The molecule has 15 heavy (non-hydrogen) atoms. The summed E-state index contributed by atoms with van der Waals surface area (Å²) in [5.74, 6) is 0.265. The highest BCUT2D eigenvalue weighted by Gasteiger charge is 2.08. The number of hydrogen-bond acceptors (Lipinski definition) is 2. The summed E-state index contributed by atoms with van der Waals surface area (Å²) in [6, 6.07) is 5.28. The molecule has 0 amide bonds. The molecule has 1 aromatic carbocycles. The molecule has 0 atom stereocenters. The minimum atomic E-state index is 0.265. The molecule has 5 heteroatoms. The average molecular weight is 241 g/mol. The summed E-state index contributed by atoms with van der Waals surface area (Å²) >= 11 is 11.9. The van der Waals surface area contributed by atoms with Gasteiger partial charge in [0.2, 0.25) is 0 Å². The fourth-order valence-corrected chi connectivity index (χ4v) is 1.65. The summed E-state index contributed by atoms with van der Waals surface area (Å²) in [6.07, 6.45) is 2.18. The third-order valence-electron chi connectivity index (χ3n) is 1.95. The predicted molar refractivity (Wildman–Crippen MR) is 59.4 cm³/mol. The molecule has 0 aliphatic heterocycles. The Balaban J connectivity index is 2.53. The highest BCUT2D eigenvalue weighted by Crippen LogP contribution is 2.32. The number of nitrogens with one attached hydrogen (secondary N) is 1. The van der Waals surface area contributed by atoms with Crippen molar-refractivity contribution in [3.63, 3.8) is 0 Å². The minimum Gasteiger partial charge on any atom is -0.336 e. The Kier molecular flexibility index (Phi) is 2.75. The van der Waals surface area contributed by atoms with Crippen molar-refractivity contribution in [1.29, 1.82) is 0 Å². The first-order valence-electron chi connectivity index (χ1n) is 4.17. The van der Waals surface area contributed by atoms with Gasteiger partial charge in [-0.2, -0.15) is 0 Å². The third kappa shape index (κ3) is 1.89. The van der Waals surface area contributed by atoms with E-state index in [1.807, 2.05) is 0 Å². The van der Waals surface area contributed by atoms with Gasteiger partial charge in [0.15, 0.2) is 12.1 Å². The zero-order valence-corrected chi connectivity index (χ0v) is 9.01. The Hall–Kier alpha value is -1.32. The standard InChI is InChI=1S/C10H6Cl2N2O/c11-7-3-1-2-6(10(7)12)8-4-13-9(5-15)14-8/h1-5H,(H,13,14). The first-order chi connectivity index (χ1) is 7.22. The van der Waals surface area contributed by atoms with E-state index in [1.165, 1.54) is 0 Å². The quantitative estimate of drug-likeness (QED) is 0.820. The lowest BCUT2D eigenvalue weighted by Gasteiger charge is -2.02. The second-order valence-corrected chi connectivity index (χ2v) is 3.69.